The van der Waals surface area contributed by atoms with Crippen molar-refractivity contribution in [3.8, 4) is 11.5 Å². The molecule has 1 aromatic carbocycles. The Balaban J connectivity index is 2.53. The smallest absolute Gasteiger partial charge is 0.304 e. The molecule has 0 amide bonds. The molecule has 1 saturated carbocycles. The summed E-state index contributed by atoms with van der Waals surface area (Å²) in [5.74, 6) is 0.0974. The van der Waals surface area contributed by atoms with Crippen LogP contribution in [0.3, 0.4) is 0 Å². The summed E-state index contributed by atoms with van der Waals surface area (Å²) in [6, 6.07) is 3.33. The van der Waals surface area contributed by atoms with Gasteiger partial charge in [0.25, 0.3) is 0 Å². The van der Waals surface area contributed by atoms with Crippen LogP contribution in [0.5, 0.6) is 11.5 Å². The number of aliphatic carboxylic acids is 1. The van der Waals surface area contributed by atoms with Gasteiger partial charge in [-0.2, -0.15) is 0 Å². The van der Waals surface area contributed by atoms with E-state index in [1.807, 2.05) is 0 Å². The van der Waals surface area contributed by atoms with Gasteiger partial charge in [0.05, 0.1) is 20.6 Å². The van der Waals surface area contributed by atoms with Crippen LogP contribution in [-0.2, 0) is 10.2 Å². The van der Waals surface area contributed by atoms with E-state index in [4.69, 9.17) is 14.6 Å². The highest BCUT2D eigenvalue weighted by atomic mass is 19.1. The van der Waals surface area contributed by atoms with Crippen LogP contribution in [0.25, 0.3) is 0 Å². The quantitative estimate of drug-likeness (QED) is 0.870. The number of methoxy groups -OCH3 is 2. The van der Waals surface area contributed by atoms with Crippen molar-refractivity contribution in [3.63, 3.8) is 0 Å². The van der Waals surface area contributed by atoms with Gasteiger partial charge in [-0.15, -0.1) is 0 Å². The summed E-state index contributed by atoms with van der Waals surface area (Å²) in [4.78, 5) is 11.0. The zero-order valence-corrected chi connectivity index (χ0v) is 11.9. The maximum Gasteiger partial charge on any atom is 0.304 e. The Morgan fingerprint density at radius 2 is 1.90 bits per heavy atom. The second kappa shape index (κ2) is 5.31. The lowest BCUT2D eigenvalue weighted by Gasteiger charge is -2.21. The first-order valence-corrected chi connectivity index (χ1v) is 6.56. The summed E-state index contributed by atoms with van der Waals surface area (Å²) in [5.41, 5.74) is 0.759. The molecule has 1 fully saturated rings. The van der Waals surface area contributed by atoms with Gasteiger partial charge in [0.15, 0.2) is 11.5 Å². The maximum absolute atomic E-state index is 13.9. The van der Waals surface area contributed by atoms with Crippen LogP contribution in [-0.4, -0.2) is 25.3 Å². The molecule has 4 nitrogen and oxygen atoms in total. The fraction of sp³-hybridized carbons (Fsp3) is 0.533. The highest BCUT2D eigenvalue weighted by Gasteiger charge is 2.48. The van der Waals surface area contributed by atoms with Crippen molar-refractivity contribution in [1.29, 1.82) is 0 Å². The highest BCUT2D eigenvalue weighted by molar-refractivity contribution is 5.70. The Bertz CT molecular complexity index is 521. The summed E-state index contributed by atoms with van der Waals surface area (Å²) >= 11 is 0. The van der Waals surface area contributed by atoms with Crippen LogP contribution in [0.1, 0.15) is 43.5 Å². The monoisotopic (exact) mass is 282 g/mol. The Kier molecular flexibility index (Phi) is 3.88. The topological polar surface area (TPSA) is 55.8 Å². The van der Waals surface area contributed by atoms with Gasteiger partial charge in [0.1, 0.15) is 6.17 Å². The standard InChI is InChI=1S/C15H19FO4/c1-9(16)10-6-12(19-2)13(20-3)7-11(10)15(4-5-15)8-14(17)18/h6-7,9H,4-5,8H2,1-3H3,(H,17,18). The second-order valence-electron chi connectivity index (χ2n) is 5.26. The molecule has 1 unspecified atom stereocenters. The largest absolute Gasteiger partial charge is 0.493 e. The summed E-state index contributed by atoms with van der Waals surface area (Å²) in [6.07, 6.45) is 0.349. The van der Waals surface area contributed by atoms with E-state index in [-0.39, 0.29) is 6.42 Å². The fourth-order valence-electron chi connectivity index (χ4n) is 2.66. The number of alkyl halides is 1. The minimum absolute atomic E-state index is 0.0161. The molecule has 110 valence electrons. The van der Waals surface area contributed by atoms with Crippen molar-refractivity contribution in [2.75, 3.05) is 14.2 Å². The number of carbonyl (C=O) groups is 1. The van der Waals surface area contributed by atoms with E-state index in [0.717, 1.165) is 18.4 Å². The van der Waals surface area contributed by atoms with E-state index >= 15 is 0 Å². The third-order valence-corrected chi connectivity index (χ3v) is 3.90. The molecule has 0 spiro atoms. The van der Waals surface area contributed by atoms with Crippen molar-refractivity contribution < 1.29 is 23.8 Å². The van der Waals surface area contributed by atoms with Gasteiger partial charge < -0.3 is 14.6 Å². The van der Waals surface area contributed by atoms with E-state index in [0.29, 0.717) is 17.1 Å². The molecule has 0 aliphatic heterocycles. The summed E-state index contributed by atoms with van der Waals surface area (Å²) in [6.45, 7) is 1.45. The van der Waals surface area contributed by atoms with Crippen molar-refractivity contribution in [2.45, 2.75) is 37.8 Å². The molecule has 0 aromatic heterocycles. The molecular weight excluding hydrogens is 263 g/mol. The van der Waals surface area contributed by atoms with Gasteiger partial charge in [-0.25, -0.2) is 4.39 Å². The first-order valence-electron chi connectivity index (χ1n) is 6.56. The Hall–Kier alpha value is -1.78. The Morgan fingerprint density at radius 3 is 2.30 bits per heavy atom. The third-order valence-electron chi connectivity index (χ3n) is 3.90. The van der Waals surface area contributed by atoms with Gasteiger partial charge >= 0.3 is 5.97 Å². The van der Waals surface area contributed by atoms with Gasteiger partial charge in [-0.3, -0.25) is 4.79 Å². The van der Waals surface area contributed by atoms with E-state index in [1.54, 1.807) is 12.1 Å². The number of ether oxygens (including phenoxy) is 2. The highest BCUT2D eigenvalue weighted by Crippen LogP contribution is 2.54. The van der Waals surface area contributed by atoms with Crippen LogP contribution >= 0.6 is 0 Å². The molecule has 2 rings (SSSR count). The fourth-order valence-corrected chi connectivity index (χ4v) is 2.66. The molecule has 1 atom stereocenters. The molecule has 5 heteroatoms. The van der Waals surface area contributed by atoms with E-state index in [9.17, 15) is 9.18 Å². The summed E-state index contributed by atoms with van der Waals surface area (Å²) in [7, 11) is 3.01. The van der Waals surface area contributed by atoms with Crippen molar-refractivity contribution in [1.82, 2.24) is 0 Å². The minimum atomic E-state index is -1.18. The van der Waals surface area contributed by atoms with Gasteiger partial charge in [0.2, 0.25) is 0 Å². The van der Waals surface area contributed by atoms with Crippen LogP contribution in [0, 0.1) is 0 Å². The molecule has 1 aromatic rings. The molecule has 1 aliphatic carbocycles. The molecule has 0 radical (unpaired) electrons. The van der Waals surface area contributed by atoms with Crippen LogP contribution in [0.4, 0.5) is 4.39 Å². The number of rotatable bonds is 6. The number of hydrogen-bond donors (Lipinski definition) is 1. The normalized spacial score (nSPS) is 17.4. The predicted molar refractivity (Wildman–Crippen MR) is 72.2 cm³/mol. The number of benzene rings is 1. The van der Waals surface area contributed by atoms with Gasteiger partial charge in [-0.05, 0) is 43.0 Å². The zero-order chi connectivity index (χ0) is 14.9. The lowest BCUT2D eigenvalue weighted by Crippen LogP contribution is -2.16. The molecule has 1 aliphatic rings. The second-order valence-corrected chi connectivity index (χ2v) is 5.26. The predicted octanol–water partition coefficient (Wildman–Crippen LogP) is 3.24. The SMILES string of the molecule is COc1cc(C(C)F)c(C2(CC(=O)O)CC2)cc1OC. The lowest BCUT2D eigenvalue weighted by atomic mass is 9.86. The van der Waals surface area contributed by atoms with Gasteiger partial charge in [-0.1, -0.05) is 0 Å². The third kappa shape index (κ3) is 2.57. The molecule has 0 bridgehead atoms. The Morgan fingerprint density at radius 1 is 1.35 bits per heavy atom. The lowest BCUT2D eigenvalue weighted by molar-refractivity contribution is -0.137. The number of carboxylic acid groups (broad SMARTS) is 1. The molecule has 0 saturated heterocycles. The average Bonchev–Trinajstić information content (AvgIpc) is 3.16. The van der Waals surface area contributed by atoms with Crippen LogP contribution in [0.2, 0.25) is 0 Å². The molecule has 1 N–H and O–H groups in total. The molecule has 0 heterocycles. The maximum atomic E-state index is 13.9. The van der Waals surface area contributed by atoms with Crippen molar-refractivity contribution in [2.24, 2.45) is 0 Å². The number of hydrogen-bond acceptors (Lipinski definition) is 3. The minimum Gasteiger partial charge on any atom is -0.493 e. The summed E-state index contributed by atoms with van der Waals surface area (Å²) < 4.78 is 24.3. The van der Waals surface area contributed by atoms with E-state index in [1.165, 1.54) is 21.1 Å². The van der Waals surface area contributed by atoms with Crippen molar-refractivity contribution >= 4 is 5.97 Å². The van der Waals surface area contributed by atoms with Crippen LogP contribution in [0.15, 0.2) is 12.1 Å². The van der Waals surface area contributed by atoms with Crippen LogP contribution < -0.4 is 9.47 Å². The summed E-state index contributed by atoms with van der Waals surface area (Å²) in [5, 5.41) is 9.06. The molecular formula is C15H19FO4. The van der Waals surface area contributed by atoms with E-state index in [2.05, 4.69) is 0 Å². The average molecular weight is 282 g/mol. The molecule has 20 heavy (non-hydrogen) atoms. The first-order chi connectivity index (χ1) is 9.43. The first kappa shape index (κ1) is 14.6. The number of halogens is 1. The van der Waals surface area contributed by atoms with E-state index < -0.39 is 17.6 Å². The Labute approximate surface area is 117 Å². The number of carboxylic acids is 1. The van der Waals surface area contributed by atoms with Gasteiger partial charge in [0, 0.05) is 5.41 Å². The van der Waals surface area contributed by atoms with Crippen molar-refractivity contribution in [3.05, 3.63) is 23.3 Å². The zero-order valence-electron chi connectivity index (χ0n) is 11.9.